The van der Waals surface area contributed by atoms with Crippen molar-refractivity contribution >= 4 is 47.9 Å². The Morgan fingerprint density at radius 2 is 1.35 bits per heavy atom. The van der Waals surface area contributed by atoms with Gasteiger partial charge in [-0.15, -0.1) is 0 Å². The Bertz CT molecular complexity index is 306. The maximum absolute atomic E-state index is 10.9. The monoisotopic (exact) mass is 335 g/mol. The van der Waals surface area contributed by atoms with Crippen molar-refractivity contribution < 1.29 is 15.8 Å². The van der Waals surface area contributed by atoms with Gasteiger partial charge in [0.25, 0.3) is 10.1 Å². The van der Waals surface area contributed by atoms with E-state index in [0.29, 0.717) is 6.42 Å². The largest absolute Gasteiger partial charge is 2.00 e. The molecule has 0 aliphatic rings. The zero-order valence-electron chi connectivity index (χ0n) is 15.0. The molecule has 0 aromatic carbocycles. The van der Waals surface area contributed by atoms with Crippen LogP contribution >= 0.6 is 0 Å². The van der Waals surface area contributed by atoms with E-state index in [4.69, 9.17) is 10.3 Å². The summed E-state index contributed by atoms with van der Waals surface area (Å²) in [5, 5.41) is -0.776. The van der Waals surface area contributed by atoms with Crippen LogP contribution in [0.5, 0.6) is 0 Å². The van der Waals surface area contributed by atoms with Crippen molar-refractivity contribution in [2.24, 2.45) is 5.73 Å². The second-order valence-corrected chi connectivity index (χ2v) is 7.04. The van der Waals surface area contributed by atoms with E-state index in [1.807, 2.05) is 0 Å². The molecule has 1 atom stereocenters. The molecular formula is C14H33CaNO3S. The first-order valence-corrected chi connectivity index (χ1v) is 9.19. The molecule has 0 radical (unpaired) electrons. The van der Waals surface area contributed by atoms with Crippen LogP contribution in [0.2, 0.25) is 0 Å². The number of hydrogen-bond donors (Lipinski definition) is 2. The third-order valence-corrected chi connectivity index (χ3v) is 4.83. The zero-order valence-corrected chi connectivity index (χ0v) is 16.0. The predicted molar refractivity (Wildman–Crippen MR) is 88.8 cm³/mol. The van der Waals surface area contributed by atoms with E-state index in [-0.39, 0.29) is 47.1 Å². The first-order valence-electron chi connectivity index (χ1n) is 7.68. The van der Waals surface area contributed by atoms with Crippen molar-refractivity contribution in [2.45, 2.75) is 82.8 Å². The fourth-order valence-electron chi connectivity index (χ4n) is 2.25. The Hall–Kier alpha value is 1.13. The van der Waals surface area contributed by atoms with Gasteiger partial charge in [-0.1, -0.05) is 71.1 Å². The zero-order chi connectivity index (χ0) is 14.6. The summed E-state index contributed by atoms with van der Waals surface area (Å²) in [5.41, 5.74) is 5.34. The second-order valence-electron chi connectivity index (χ2n) is 5.34. The Labute approximate surface area is 158 Å². The van der Waals surface area contributed by atoms with Crippen LogP contribution in [0.15, 0.2) is 0 Å². The van der Waals surface area contributed by atoms with Gasteiger partial charge >= 0.3 is 37.7 Å². The molecule has 0 aromatic rings. The van der Waals surface area contributed by atoms with Crippen molar-refractivity contribution in [3.8, 4) is 0 Å². The number of rotatable bonds is 13. The summed E-state index contributed by atoms with van der Waals surface area (Å²) >= 11 is 0. The quantitative estimate of drug-likeness (QED) is 0.307. The molecule has 1 unspecified atom stereocenters. The molecular weight excluding hydrogens is 302 g/mol. The third kappa shape index (κ3) is 14.1. The van der Waals surface area contributed by atoms with Gasteiger partial charge in [0.1, 0.15) is 0 Å². The molecule has 0 aliphatic carbocycles. The molecule has 3 N–H and O–H groups in total. The summed E-state index contributed by atoms with van der Waals surface area (Å²) in [6.45, 7) is 2.23. The molecule has 0 fully saturated rings. The molecule has 0 rings (SSSR count). The van der Waals surface area contributed by atoms with Gasteiger partial charge in [0.2, 0.25) is 0 Å². The van der Waals surface area contributed by atoms with Gasteiger partial charge in [0.15, 0.2) is 0 Å². The maximum Gasteiger partial charge on any atom is 2.00 e. The van der Waals surface area contributed by atoms with Gasteiger partial charge in [-0.25, -0.2) is 0 Å². The Balaban J connectivity index is -0.000000540. The van der Waals surface area contributed by atoms with Crippen LogP contribution in [0.4, 0.5) is 0 Å². The Morgan fingerprint density at radius 3 is 1.70 bits per heavy atom. The summed E-state index contributed by atoms with van der Waals surface area (Å²) < 4.78 is 30.8. The fraction of sp³-hybridized carbons (Fsp3) is 1.00. The van der Waals surface area contributed by atoms with Crippen LogP contribution < -0.4 is 5.73 Å². The van der Waals surface area contributed by atoms with Gasteiger partial charge in [0, 0.05) is 6.54 Å². The number of unbranched alkanes of at least 4 members (excludes halogenated alkanes) is 9. The third-order valence-electron chi connectivity index (χ3n) is 3.56. The molecule has 120 valence electrons. The second kappa shape index (κ2) is 15.0. The average molecular weight is 336 g/mol. The predicted octanol–water partition coefficient (Wildman–Crippen LogP) is 3.36. The summed E-state index contributed by atoms with van der Waals surface area (Å²) in [5.74, 6) is 0. The molecule has 0 bridgehead atoms. The fourth-order valence-corrected chi connectivity index (χ4v) is 2.96. The van der Waals surface area contributed by atoms with Crippen molar-refractivity contribution in [3.63, 3.8) is 0 Å². The smallest absolute Gasteiger partial charge is 1.00 e. The minimum atomic E-state index is -3.95. The van der Waals surface area contributed by atoms with E-state index in [2.05, 4.69) is 6.92 Å². The number of hydrogen-bond acceptors (Lipinski definition) is 3. The summed E-state index contributed by atoms with van der Waals surface area (Å²) in [4.78, 5) is 0. The molecule has 6 heteroatoms. The molecule has 4 nitrogen and oxygen atoms in total. The topological polar surface area (TPSA) is 80.4 Å². The first-order chi connectivity index (χ1) is 9.02. The van der Waals surface area contributed by atoms with Gasteiger partial charge in [0.05, 0.1) is 5.25 Å². The molecule has 0 aromatic heterocycles. The normalized spacial score (nSPS) is 12.9. The summed E-state index contributed by atoms with van der Waals surface area (Å²) in [6, 6.07) is 0. The first kappa shape index (κ1) is 23.4. The van der Waals surface area contributed by atoms with Crippen molar-refractivity contribution in [2.75, 3.05) is 6.54 Å². The van der Waals surface area contributed by atoms with Crippen molar-refractivity contribution in [3.05, 3.63) is 0 Å². The van der Waals surface area contributed by atoms with Crippen LogP contribution in [0.3, 0.4) is 0 Å². The molecule has 0 amide bonds. The Kier molecular flexibility index (Phi) is 17.6. The maximum atomic E-state index is 10.9. The van der Waals surface area contributed by atoms with Gasteiger partial charge in [-0.3, -0.25) is 4.55 Å². The van der Waals surface area contributed by atoms with Gasteiger partial charge in [-0.2, -0.15) is 8.42 Å². The molecule has 0 saturated carbocycles. The minimum absolute atomic E-state index is 0. The van der Waals surface area contributed by atoms with Crippen LogP contribution in [0.25, 0.3) is 0 Å². The van der Waals surface area contributed by atoms with Crippen LogP contribution in [-0.2, 0) is 10.1 Å². The van der Waals surface area contributed by atoms with E-state index in [9.17, 15) is 8.42 Å². The van der Waals surface area contributed by atoms with E-state index < -0.39 is 15.4 Å². The van der Waals surface area contributed by atoms with E-state index in [0.717, 1.165) is 19.3 Å². The average Bonchev–Trinajstić information content (AvgIpc) is 2.34. The summed E-state index contributed by atoms with van der Waals surface area (Å²) in [6.07, 6.45) is 12.6. The minimum Gasteiger partial charge on any atom is -1.00 e. The van der Waals surface area contributed by atoms with Crippen molar-refractivity contribution in [1.29, 1.82) is 0 Å². The van der Waals surface area contributed by atoms with Crippen molar-refractivity contribution in [1.82, 2.24) is 0 Å². The van der Waals surface area contributed by atoms with Crippen LogP contribution in [0, 0.1) is 0 Å². The molecule has 0 spiro atoms. The SMILES string of the molecule is CCCCCCCCCCCCC(CN)S(=O)(=O)O.[Ca+2].[H-].[H-]. The van der Waals surface area contributed by atoms with E-state index in [1.54, 1.807) is 0 Å². The molecule has 0 saturated heterocycles. The Morgan fingerprint density at radius 1 is 0.950 bits per heavy atom. The van der Waals surface area contributed by atoms with E-state index >= 15 is 0 Å². The molecule has 20 heavy (non-hydrogen) atoms. The number of nitrogens with two attached hydrogens (primary N) is 1. The molecule has 0 aliphatic heterocycles. The van der Waals surface area contributed by atoms with Gasteiger partial charge < -0.3 is 8.59 Å². The summed E-state index contributed by atoms with van der Waals surface area (Å²) in [7, 11) is -3.95. The van der Waals surface area contributed by atoms with Gasteiger partial charge in [-0.05, 0) is 6.42 Å². The van der Waals surface area contributed by atoms with Crippen LogP contribution in [0.1, 0.15) is 80.4 Å². The molecule has 0 heterocycles. The standard InChI is InChI=1S/C14H31NO3S.Ca.2H/c1-2-3-4-5-6-7-8-9-10-11-12-14(13-15)19(16,17)18;;;/h14H,2-13,15H2,1H3,(H,16,17,18);;;/q;+2;2*-1. The van der Waals surface area contributed by atoms with E-state index in [1.165, 1.54) is 44.9 Å². The van der Waals surface area contributed by atoms with Crippen LogP contribution in [-0.4, -0.2) is 62.5 Å².